The van der Waals surface area contributed by atoms with Gasteiger partial charge in [-0.25, -0.2) is 8.42 Å². The lowest BCUT2D eigenvalue weighted by molar-refractivity contribution is -0.170. The number of para-hydroxylation sites is 1. The fraction of sp³-hybridized carbons (Fsp3) is 0.448. The molecule has 1 aliphatic rings. The molecule has 39 heavy (non-hydrogen) atoms. The Labute approximate surface area is 238 Å². The summed E-state index contributed by atoms with van der Waals surface area (Å²) in [5.74, 6) is -1.89. The number of rotatable bonds is 11. The average molecular weight is 620 g/mol. The number of carbonyl (C=O) groups excluding carboxylic acids is 2. The predicted molar refractivity (Wildman–Crippen MR) is 153 cm³/mol. The second-order valence-electron chi connectivity index (χ2n) is 10.7. The van der Waals surface area contributed by atoms with Gasteiger partial charge >= 0.3 is 11.9 Å². The van der Waals surface area contributed by atoms with E-state index in [1.807, 2.05) is 31.3 Å². The van der Waals surface area contributed by atoms with Crippen molar-refractivity contribution in [3.63, 3.8) is 0 Å². The Hall–Kier alpha value is -2.69. The van der Waals surface area contributed by atoms with Crippen LogP contribution in [0, 0.1) is 18.3 Å². The number of nitrogens with one attached hydrogen (secondary N) is 1. The zero-order valence-electron chi connectivity index (χ0n) is 22.9. The number of aromatic nitrogens is 1. The third kappa shape index (κ3) is 6.07. The third-order valence-electron chi connectivity index (χ3n) is 6.98. The largest absolute Gasteiger partial charge is 0.462 e. The summed E-state index contributed by atoms with van der Waals surface area (Å²) < 4.78 is 40.9. The van der Waals surface area contributed by atoms with Crippen LogP contribution in [0.5, 0.6) is 0 Å². The maximum atomic E-state index is 13.9. The van der Waals surface area contributed by atoms with Crippen molar-refractivity contribution in [3.8, 4) is 0 Å². The fourth-order valence-electron chi connectivity index (χ4n) is 4.81. The van der Waals surface area contributed by atoms with Crippen LogP contribution < -0.4 is 0 Å². The number of H-pyrrole nitrogens is 1. The number of aromatic amines is 1. The highest BCUT2D eigenvalue weighted by Gasteiger charge is 2.69. The van der Waals surface area contributed by atoms with Gasteiger partial charge in [0.1, 0.15) is 0 Å². The predicted octanol–water partition coefficient (Wildman–Crippen LogP) is 5.38. The molecular weight excluding hydrogens is 584 g/mol. The monoisotopic (exact) mass is 618 g/mol. The van der Waals surface area contributed by atoms with Gasteiger partial charge in [-0.1, -0.05) is 29.8 Å². The minimum Gasteiger partial charge on any atom is -0.462 e. The molecule has 0 amide bonds. The van der Waals surface area contributed by atoms with Gasteiger partial charge in [0.15, 0.2) is 5.41 Å². The Morgan fingerprint density at radius 2 is 1.67 bits per heavy atom. The lowest BCUT2D eigenvalue weighted by Crippen LogP contribution is -2.39. The first-order chi connectivity index (χ1) is 18.4. The smallest absolute Gasteiger partial charge is 0.324 e. The molecular formula is C29H35BrN2O6S. The highest BCUT2D eigenvalue weighted by molar-refractivity contribution is 9.10. The summed E-state index contributed by atoms with van der Waals surface area (Å²) >= 11 is 3.55. The SMILES string of the molecule is Cc1ccc(S(=O)(=O)N(CCc2c[nH]c3c(Br)cccc23)CC2CC2(C(=O)OC(C)C)C(=O)OC(C)C)cc1. The Kier molecular flexibility index (Phi) is 8.58. The average Bonchev–Trinajstić information content (AvgIpc) is 3.44. The summed E-state index contributed by atoms with van der Waals surface area (Å²) in [7, 11) is -3.93. The Bertz CT molecular complexity index is 1440. The second kappa shape index (κ2) is 11.4. The van der Waals surface area contributed by atoms with E-state index in [-0.39, 0.29) is 24.4 Å². The number of halogens is 1. The van der Waals surface area contributed by atoms with Crippen molar-refractivity contribution in [2.75, 3.05) is 13.1 Å². The first kappa shape index (κ1) is 29.3. The van der Waals surface area contributed by atoms with Crippen LogP contribution in [0.4, 0.5) is 0 Å². The van der Waals surface area contributed by atoms with Gasteiger partial charge in [0.25, 0.3) is 0 Å². The number of benzene rings is 2. The molecule has 1 saturated carbocycles. The fourth-order valence-corrected chi connectivity index (χ4v) is 6.78. The third-order valence-corrected chi connectivity index (χ3v) is 9.52. The first-order valence-corrected chi connectivity index (χ1v) is 15.3. The van der Waals surface area contributed by atoms with Crippen LogP contribution in [0.25, 0.3) is 10.9 Å². The number of ether oxygens (including phenoxy) is 2. The summed E-state index contributed by atoms with van der Waals surface area (Å²) in [6.07, 6.45) is 1.65. The Morgan fingerprint density at radius 3 is 2.26 bits per heavy atom. The molecule has 1 fully saturated rings. The molecule has 1 heterocycles. The van der Waals surface area contributed by atoms with Gasteiger partial charge in [-0.15, -0.1) is 0 Å². The van der Waals surface area contributed by atoms with Crippen molar-refractivity contribution in [2.45, 2.75) is 64.6 Å². The molecule has 8 nitrogen and oxygen atoms in total. The van der Waals surface area contributed by atoms with Gasteiger partial charge in [0.05, 0.1) is 22.6 Å². The number of sulfonamides is 1. The van der Waals surface area contributed by atoms with Gasteiger partial charge in [-0.3, -0.25) is 9.59 Å². The molecule has 0 spiro atoms. The molecule has 210 valence electrons. The zero-order chi connectivity index (χ0) is 28.5. The minimum absolute atomic E-state index is 0.0113. The van der Waals surface area contributed by atoms with E-state index in [1.54, 1.807) is 52.0 Å². The van der Waals surface area contributed by atoms with Gasteiger partial charge < -0.3 is 14.5 Å². The van der Waals surface area contributed by atoms with Crippen LogP contribution in [0.3, 0.4) is 0 Å². The topological polar surface area (TPSA) is 106 Å². The van der Waals surface area contributed by atoms with Crippen LogP contribution in [-0.2, 0) is 35.5 Å². The van der Waals surface area contributed by atoms with E-state index in [1.165, 1.54) is 4.31 Å². The first-order valence-electron chi connectivity index (χ1n) is 13.1. The standard InChI is InChI=1S/C29H35BrN2O6S/c1-18(2)37-27(33)29(28(34)38-19(3)4)15-22(29)17-32(39(35,36)23-11-9-20(5)10-12-23)14-13-21-16-31-26-24(21)7-6-8-25(26)30/h6-12,16,18-19,22,31H,13-15,17H2,1-5H3. The number of aryl methyl sites for hydroxylation is 1. The molecule has 1 aliphatic carbocycles. The van der Waals surface area contributed by atoms with Gasteiger partial charge in [0, 0.05) is 35.1 Å². The number of carbonyl (C=O) groups is 2. The normalized spacial score (nSPS) is 16.7. The molecule has 0 aliphatic heterocycles. The van der Waals surface area contributed by atoms with E-state index >= 15 is 0 Å². The molecule has 0 radical (unpaired) electrons. The molecule has 1 atom stereocenters. The number of esters is 2. The molecule has 3 aromatic rings. The van der Waals surface area contributed by atoms with Crippen molar-refractivity contribution in [1.82, 2.24) is 9.29 Å². The molecule has 0 saturated heterocycles. The number of hydrogen-bond acceptors (Lipinski definition) is 6. The molecule has 1 unspecified atom stereocenters. The van der Waals surface area contributed by atoms with Crippen LogP contribution in [-0.4, -0.2) is 54.9 Å². The molecule has 1 N–H and O–H groups in total. The highest BCUT2D eigenvalue weighted by Crippen LogP contribution is 2.55. The van der Waals surface area contributed by atoms with Crippen LogP contribution >= 0.6 is 15.9 Å². The number of fused-ring (bicyclic) bond motifs is 1. The summed E-state index contributed by atoms with van der Waals surface area (Å²) in [5, 5.41) is 0.999. The Balaban J connectivity index is 1.65. The van der Waals surface area contributed by atoms with Crippen molar-refractivity contribution >= 4 is 48.8 Å². The summed E-state index contributed by atoms with van der Waals surface area (Å²) in [6.45, 7) is 8.90. The zero-order valence-corrected chi connectivity index (χ0v) is 25.3. The van der Waals surface area contributed by atoms with E-state index in [2.05, 4.69) is 20.9 Å². The number of hydrogen-bond donors (Lipinski definition) is 1. The van der Waals surface area contributed by atoms with Crippen molar-refractivity contribution in [1.29, 1.82) is 0 Å². The van der Waals surface area contributed by atoms with Crippen LogP contribution in [0.2, 0.25) is 0 Å². The molecule has 1 aromatic heterocycles. The molecule has 0 bridgehead atoms. The van der Waals surface area contributed by atoms with Crippen LogP contribution in [0.15, 0.2) is 58.0 Å². The lowest BCUT2D eigenvalue weighted by Gasteiger charge is -2.24. The quantitative estimate of drug-likeness (QED) is 0.228. The van der Waals surface area contributed by atoms with Gasteiger partial charge in [-0.2, -0.15) is 4.31 Å². The van der Waals surface area contributed by atoms with Gasteiger partial charge in [0.2, 0.25) is 10.0 Å². The minimum atomic E-state index is -3.93. The maximum Gasteiger partial charge on any atom is 0.324 e. The number of nitrogens with zero attached hydrogens (tertiary/aromatic N) is 1. The van der Waals surface area contributed by atoms with Crippen molar-refractivity contribution in [2.24, 2.45) is 11.3 Å². The molecule has 4 rings (SSSR count). The van der Waals surface area contributed by atoms with E-state index in [9.17, 15) is 18.0 Å². The van der Waals surface area contributed by atoms with E-state index in [4.69, 9.17) is 9.47 Å². The lowest BCUT2D eigenvalue weighted by atomic mass is 10.0. The van der Waals surface area contributed by atoms with Crippen molar-refractivity contribution in [3.05, 3.63) is 64.3 Å². The van der Waals surface area contributed by atoms with E-state index in [0.29, 0.717) is 6.42 Å². The maximum absolute atomic E-state index is 13.9. The summed E-state index contributed by atoms with van der Waals surface area (Å²) in [5.41, 5.74) is 1.34. The summed E-state index contributed by atoms with van der Waals surface area (Å²) in [4.78, 5) is 29.7. The summed E-state index contributed by atoms with van der Waals surface area (Å²) in [6, 6.07) is 12.5. The molecule has 10 heteroatoms. The van der Waals surface area contributed by atoms with Gasteiger partial charge in [-0.05, 0) is 87.2 Å². The molecule has 2 aromatic carbocycles. The van der Waals surface area contributed by atoms with Crippen molar-refractivity contribution < 1.29 is 27.5 Å². The second-order valence-corrected chi connectivity index (χ2v) is 13.5. The van der Waals surface area contributed by atoms with E-state index < -0.39 is 45.5 Å². The highest BCUT2D eigenvalue weighted by atomic mass is 79.9. The van der Waals surface area contributed by atoms with Crippen LogP contribution in [0.1, 0.15) is 45.2 Å². The van der Waals surface area contributed by atoms with E-state index in [0.717, 1.165) is 26.5 Å². The Morgan fingerprint density at radius 1 is 1.05 bits per heavy atom.